The van der Waals surface area contributed by atoms with Crippen molar-refractivity contribution in [3.8, 4) is 0 Å². The summed E-state index contributed by atoms with van der Waals surface area (Å²) in [5, 5.41) is 0. The van der Waals surface area contributed by atoms with Crippen LogP contribution in [-0.2, 0) is 0 Å². The van der Waals surface area contributed by atoms with Crippen LogP contribution in [0.5, 0.6) is 0 Å². The van der Waals surface area contributed by atoms with Crippen LogP contribution in [0.4, 0.5) is 0 Å². The molecule has 0 aliphatic heterocycles. The highest BCUT2D eigenvalue weighted by atomic mass is 13.8. The maximum absolute atomic E-state index is 2.16. The molecular weight excluding hydrogens is 120 g/mol. The molecule has 0 bridgehead atoms. The van der Waals surface area contributed by atoms with Gasteiger partial charge >= 0.3 is 0 Å². The third kappa shape index (κ3) is 5.36. The fourth-order valence-electron chi connectivity index (χ4n) is 0.607. The van der Waals surface area contributed by atoms with Crippen molar-refractivity contribution >= 4 is 0 Å². The van der Waals surface area contributed by atoms with E-state index in [1.807, 2.05) is 13.0 Å². The fourth-order valence-corrected chi connectivity index (χ4v) is 0.607. The predicted octanol–water partition coefficient (Wildman–Crippen LogP) is 3.48. The first-order chi connectivity index (χ1) is 4.81. The van der Waals surface area contributed by atoms with Crippen molar-refractivity contribution in [2.45, 2.75) is 27.2 Å². The third-order valence-corrected chi connectivity index (χ3v) is 1.17. The van der Waals surface area contributed by atoms with E-state index in [1.54, 1.807) is 0 Å². The second kappa shape index (κ2) is 6.34. The molecule has 0 saturated carbocycles. The molecule has 0 rings (SSSR count). The molecule has 0 aromatic heterocycles. The monoisotopic (exact) mass is 136 g/mol. The molecule has 0 spiro atoms. The second-order valence-electron chi connectivity index (χ2n) is 2.25. The molecule has 0 unspecified atom stereocenters. The van der Waals surface area contributed by atoms with Crippen LogP contribution in [0.3, 0.4) is 0 Å². The van der Waals surface area contributed by atoms with Crippen LogP contribution in [0.1, 0.15) is 27.2 Å². The maximum atomic E-state index is 2.16. The second-order valence-corrected chi connectivity index (χ2v) is 2.25. The molecule has 0 aromatic carbocycles. The van der Waals surface area contributed by atoms with E-state index in [1.165, 1.54) is 5.57 Å². The summed E-state index contributed by atoms with van der Waals surface area (Å²) in [6.07, 6.45) is 11.6. The van der Waals surface area contributed by atoms with E-state index in [-0.39, 0.29) is 0 Å². The molecule has 0 aromatic rings. The Hall–Kier alpha value is -0.780. The van der Waals surface area contributed by atoms with Crippen LogP contribution < -0.4 is 0 Å². The summed E-state index contributed by atoms with van der Waals surface area (Å²) >= 11 is 0. The van der Waals surface area contributed by atoms with Crippen LogP contribution >= 0.6 is 0 Å². The number of hydrogen-bond acceptors (Lipinski definition) is 0. The van der Waals surface area contributed by atoms with Gasteiger partial charge < -0.3 is 0 Å². The molecule has 0 heteroatoms. The number of hydrogen-bond donors (Lipinski definition) is 0. The standard InChI is InChI=1S/C10H16/c1-4-6-8-10(3)9-7-5-2/h4,6-9H,5H2,1-3H3/b6-4-,9-7-,10-8-. The van der Waals surface area contributed by atoms with E-state index >= 15 is 0 Å². The SMILES string of the molecule is C\C=C/C=C(C)\C=C/CC. The molecule has 0 N–H and O–H groups in total. The van der Waals surface area contributed by atoms with E-state index in [2.05, 4.69) is 38.2 Å². The Balaban J connectivity index is 3.81. The van der Waals surface area contributed by atoms with Gasteiger partial charge in [-0.3, -0.25) is 0 Å². The highest BCUT2D eigenvalue weighted by molar-refractivity contribution is 5.20. The summed E-state index contributed by atoms with van der Waals surface area (Å²) in [5.41, 5.74) is 1.31. The summed E-state index contributed by atoms with van der Waals surface area (Å²) in [6, 6.07) is 0. The first kappa shape index (κ1) is 9.22. The highest BCUT2D eigenvalue weighted by Crippen LogP contribution is 1.95. The molecule has 0 atom stereocenters. The lowest BCUT2D eigenvalue weighted by Crippen LogP contribution is -1.64. The van der Waals surface area contributed by atoms with Gasteiger partial charge in [-0.15, -0.1) is 0 Å². The van der Waals surface area contributed by atoms with Gasteiger partial charge in [-0.1, -0.05) is 42.9 Å². The van der Waals surface area contributed by atoms with Gasteiger partial charge in [-0.25, -0.2) is 0 Å². The molecule has 10 heavy (non-hydrogen) atoms. The first-order valence-electron chi connectivity index (χ1n) is 3.77. The Morgan fingerprint density at radius 2 is 2.10 bits per heavy atom. The lowest BCUT2D eigenvalue weighted by atomic mass is 10.2. The van der Waals surface area contributed by atoms with Gasteiger partial charge in [-0.2, -0.15) is 0 Å². The van der Waals surface area contributed by atoms with Gasteiger partial charge in [0.1, 0.15) is 0 Å². The number of allylic oxidation sites excluding steroid dienone is 6. The summed E-state index contributed by atoms with van der Waals surface area (Å²) in [7, 11) is 0. The van der Waals surface area contributed by atoms with E-state index in [0.29, 0.717) is 0 Å². The third-order valence-electron chi connectivity index (χ3n) is 1.17. The van der Waals surface area contributed by atoms with E-state index in [0.717, 1.165) is 6.42 Å². The van der Waals surface area contributed by atoms with Gasteiger partial charge in [0.05, 0.1) is 0 Å². The summed E-state index contributed by atoms with van der Waals surface area (Å²) in [4.78, 5) is 0. The normalized spacial score (nSPS) is 13.7. The zero-order valence-corrected chi connectivity index (χ0v) is 7.09. The van der Waals surface area contributed by atoms with Crippen molar-refractivity contribution in [1.29, 1.82) is 0 Å². The van der Waals surface area contributed by atoms with Crippen molar-refractivity contribution in [3.05, 3.63) is 36.0 Å². The van der Waals surface area contributed by atoms with Crippen molar-refractivity contribution in [2.75, 3.05) is 0 Å². The minimum atomic E-state index is 1.11. The van der Waals surface area contributed by atoms with E-state index in [9.17, 15) is 0 Å². The zero-order valence-electron chi connectivity index (χ0n) is 7.09. The van der Waals surface area contributed by atoms with E-state index in [4.69, 9.17) is 0 Å². The quantitative estimate of drug-likeness (QED) is 0.521. The average Bonchev–Trinajstić information content (AvgIpc) is 1.97. The van der Waals surface area contributed by atoms with Gasteiger partial charge in [0.25, 0.3) is 0 Å². The van der Waals surface area contributed by atoms with Gasteiger partial charge in [0.15, 0.2) is 0 Å². The molecule has 0 heterocycles. The largest absolute Gasteiger partial charge is 0.0877 e. The van der Waals surface area contributed by atoms with Gasteiger partial charge in [-0.05, 0) is 20.3 Å². The maximum Gasteiger partial charge on any atom is -0.0376 e. The van der Waals surface area contributed by atoms with Crippen LogP contribution in [0.25, 0.3) is 0 Å². The van der Waals surface area contributed by atoms with Crippen molar-refractivity contribution in [2.24, 2.45) is 0 Å². The van der Waals surface area contributed by atoms with Crippen molar-refractivity contribution in [1.82, 2.24) is 0 Å². The Morgan fingerprint density at radius 1 is 1.40 bits per heavy atom. The van der Waals surface area contributed by atoms with Crippen LogP contribution in [0.15, 0.2) is 36.0 Å². The Labute approximate surface area is 64.0 Å². The molecule has 0 amide bonds. The topological polar surface area (TPSA) is 0 Å². The Bertz CT molecular complexity index is 147. The van der Waals surface area contributed by atoms with E-state index < -0.39 is 0 Å². The van der Waals surface area contributed by atoms with Crippen LogP contribution in [0, 0.1) is 0 Å². The smallest absolute Gasteiger partial charge is 0.0376 e. The minimum Gasteiger partial charge on any atom is -0.0877 e. The molecular formula is C10H16. The average molecular weight is 136 g/mol. The van der Waals surface area contributed by atoms with Crippen molar-refractivity contribution < 1.29 is 0 Å². The number of rotatable bonds is 3. The highest BCUT2D eigenvalue weighted by Gasteiger charge is 1.74. The fraction of sp³-hybridized carbons (Fsp3) is 0.400. The summed E-state index contributed by atoms with van der Waals surface area (Å²) < 4.78 is 0. The lowest BCUT2D eigenvalue weighted by Gasteiger charge is -1.85. The summed E-state index contributed by atoms with van der Waals surface area (Å²) in [6.45, 7) is 6.26. The van der Waals surface area contributed by atoms with Gasteiger partial charge in [0.2, 0.25) is 0 Å². The Kier molecular flexibility index (Phi) is 5.85. The minimum absolute atomic E-state index is 1.11. The molecule has 0 fully saturated rings. The molecule has 0 radical (unpaired) electrons. The van der Waals surface area contributed by atoms with Crippen LogP contribution in [-0.4, -0.2) is 0 Å². The molecule has 0 saturated heterocycles. The molecule has 0 aliphatic carbocycles. The molecule has 0 aliphatic rings. The summed E-state index contributed by atoms with van der Waals surface area (Å²) in [5.74, 6) is 0. The molecule has 56 valence electrons. The Morgan fingerprint density at radius 3 is 2.60 bits per heavy atom. The van der Waals surface area contributed by atoms with Gasteiger partial charge in [0, 0.05) is 0 Å². The van der Waals surface area contributed by atoms with Crippen LogP contribution in [0.2, 0.25) is 0 Å². The predicted molar refractivity (Wildman–Crippen MR) is 48.0 cm³/mol. The van der Waals surface area contributed by atoms with Crippen molar-refractivity contribution in [3.63, 3.8) is 0 Å². The lowest BCUT2D eigenvalue weighted by molar-refractivity contribution is 1.22. The first-order valence-corrected chi connectivity index (χ1v) is 3.77. The molecule has 0 nitrogen and oxygen atoms in total. The zero-order chi connectivity index (χ0) is 7.82.